The Hall–Kier alpha value is -2.50. The normalized spacial score (nSPS) is 33.9. The van der Waals surface area contributed by atoms with Crippen LogP contribution >= 0.6 is 0 Å². The molecule has 2 fully saturated rings. The molecule has 0 amide bonds. The summed E-state index contributed by atoms with van der Waals surface area (Å²) in [5.74, 6) is 1.58. The van der Waals surface area contributed by atoms with Gasteiger partial charge in [0.1, 0.15) is 0 Å². The maximum absolute atomic E-state index is 12.7. The molecular formula is C27H30N2O3. The summed E-state index contributed by atoms with van der Waals surface area (Å²) in [5, 5.41) is 24.6. The van der Waals surface area contributed by atoms with Crippen LogP contribution in [0.2, 0.25) is 0 Å². The highest BCUT2D eigenvalue weighted by atomic mass is 16.5. The number of benzene rings is 2. The number of phenols is 1. The predicted molar refractivity (Wildman–Crippen MR) is 123 cm³/mol. The first-order valence-electron chi connectivity index (χ1n) is 11.7. The number of hydrogen-bond acceptors (Lipinski definition) is 4. The standard InChI is InChI=1S/C26H26N2O3.CH4/c29-19-8-7-15-11-20-26(30)12-17-16-3-1-2-4-18(16)27-22(17)24-25(26,21(15)23(19)31-24)9-10-28(20)13-14-5-6-14;/h1-4,7-8,14,20,24,27,29-30H,5-6,9-13H2;1H4/t20?,24-,25?,26+;/m0./s1. The summed E-state index contributed by atoms with van der Waals surface area (Å²) in [4.78, 5) is 6.22. The summed E-state index contributed by atoms with van der Waals surface area (Å²) >= 11 is 0. The van der Waals surface area contributed by atoms with Crippen molar-refractivity contribution in [1.82, 2.24) is 9.88 Å². The number of para-hydroxylation sites is 1. The molecule has 166 valence electrons. The van der Waals surface area contributed by atoms with Crippen LogP contribution < -0.4 is 4.74 Å². The van der Waals surface area contributed by atoms with Crippen LogP contribution in [0.15, 0.2) is 36.4 Å². The van der Waals surface area contributed by atoms with Crippen molar-refractivity contribution in [2.24, 2.45) is 5.92 Å². The molecule has 2 aromatic carbocycles. The number of nitrogens with one attached hydrogen (secondary N) is 1. The van der Waals surface area contributed by atoms with Gasteiger partial charge in [-0.2, -0.15) is 0 Å². The van der Waals surface area contributed by atoms with E-state index in [4.69, 9.17) is 4.74 Å². The van der Waals surface area contributed by atoms with E-state index in [1.807, 2.05) is 6.07 Å². The van der Waals surface area contributed by atoms with Crippen LogP contribution in [-0.2, 0) is 18.3 Å². The Morgan fingerprint density at radius 3 is 2.84 bits per heavy atom. The van der Waals surface area contributed by atoms with E-state index in [2.05, 4.69) is 34.1 Å². The predicted octanol–water partition coefficient (Wildman–Crippen LogP) is 4.21. The second-order valence-electron chi connectivity index (χ2n) is 10.5. The molecule has 1 aromatic heterocycles. The Labute approximate surface area is 188 Å². The van der Waals surface area contributed by atoms with Gasteiger partial charge < -0.3 is 19.9 Å². The van der Waals surface area contributed by atoms with E-state index in [-0.39, 0.29) is 25.3 Å². The minimum atomic E-state index is -0.908. The number of fused-ring (bicyclic) bond motifs is 4. The molecule has 1 saturated carbocycles. The molecular weight excluding hydrogens is 400 g/mol. The number of piperidine rings is 1. The zero-order chi connectivity index (χ0) is 20.5. The molecule has 3 N–H and O–H groups in total. The third-order valence-electron chi connectivity index (χ3n) is 9.07. The molecule has 0 radical (unpaired) electrons. The summed E-state index contributed by atoms with van der Waals surface area (Å²) in [6, 6.07) is 12.3. The third-order valence-corrected chi connectivity index (χ3v) is 9.07. The van der Waals surface area contributed by atoms with Gasteiger partial charge in [-0.3, -0.25) is 4.90 Å². The van der Waals surface area contributed by atoms with Gasteiger partial charge in [0.15, 0.2) is 17.6 Å². The number of phenolic OH excluding ortho intramolecular Hbond substituents is 1. The number of aromatic nitrogens is 1. The van der Waals surface area contributed by atoms with Gasteiger partial charge in [-0.1, -0.05) is 31.7 Å². The van der Waals surface area contributed by atoms with E-state index >= 15 is 0 Å². The molecule has 5 aliphatic rings. The fourth-order valence-corrected chi connectivity index (χ4v) is 7.57. The van der Waals surface area contributed by atoms with E-state index in [0.29, 0.717) is 12.2 Å². The quantitative estimate of drug-likeness (QED) is 0.570. The summed E-state index contributed by atoms with van der Waals surface area (Å²) in [6.45, 7) is 2.07. The van der Waals surface area contributed by atoms with E-state index in [1.54, 1.807) is 6.07 Å². The average molecular weight is 431 g/mol. The second-order valence-corrected chi connectivity index (χ2v) is 10.5. The van der Waals surface area contributed by atoms with Gasteiger partial charge in [0.05, 0.1) is 16.7 Å². The number of nitrogens with zero attached hydrogens (tertiary/aromatic N) is 1. The highest BCUT2D eigenvalue weighted by molar-refractivity contribution is 5.86. The van der Waals surface area contributed by atoms with Gasteiger partial charge in [-0.05, 0) is 61.4 Å². The lowest BCUT2D eigenvalue weighted by atomic mass is 9.49. The Morgan fingerprint density at radius 1 is 1.16 bits per heavy atom. The topological polar surface area (TPSA) is 68.7 Å². The molecule has 3 aromatic rings. The molecule has 1 spiro atoms. The number of likely N-dealkylation sites (tertiary alicyclic amines) is 1. The zero-order valence-electron chi connectivity index (χ0n) is 17.4. The average Bonchev–Trinajstić information content (AvgIpc) is 3.40. The SMILES string of the molecule is C.Oc1ccc2c3c1O[C@H]1c4[nH]c5ccccc5c4C[C@@]4(O)C(C2)N(CC2CC2)CCC314. The molecule has 8 rings (SSSR count). The Morgan fingerprint density at radius 2 is 2.00 bits per heavy atom. The smallest absolute Gasteiger partial charge is 0.166 e. The van der Waals surface area contributed by atoms with Crippen molar-refractivity contribution in [2.45, 2.75) is 62.7 Å². The lowest BCUT2D eigenvalue weighted by Gasteiger charge is -2.62. The summed E-state index contributed by atoms with van der Waals surface area (Å²) in [6.07, 6.45) is 4.66. The minimum Gasteiger partial charge on any atom is -0.504 e. The number of aliphatic hydroxyl groups is 1. The summed E-state index contributed by atoms with van der Waals surface area (Å²) < 4.78 is 6.60. The van der Waals surface area contributed by atoms with E-state index in [0.717, 1.165) is 48.6 Å². The van der Waals surface area contributed by atoms with E-state index in [1.165, 1.54) is 29.4 Å². The van der Waals surface area contributed by atoms with Crippen LogP contribution in [0.5, 0.6) is 11.5 Å². The number of ether oxygens (including phenoxy) is 1. The van der Waals surface area contributed by atoms with Gasteiger partial charge in [0, 0.05) is 35.5 Å². The highest BCUT2D eigenvalue weighted by Crippen LogP contribution is 2.69. The molecule has 2 bridgehead atoms. The van der Waals surface area contributed by atoms with Crippen molar-refractivity contribution >= 4 is 10.9 Å². The van der Waals surface area contributed by atoms with E-state index in [9.17, 15) is 10.2 Å². The van der Waals surface area contributed by atoms with Crippen LogP contribution in [0, 0.1) is 5.92 Å². The number of hydrogen-bond donors (Lipinski definition) is 3. The van der Waals surface area contributed by atoms with Crippen LogP contribution in [0.3, 0.4) is 0 Å². The van der Waals surface area contributed by atoms with Crippen LogP contribution in [0.4, 0.5) is 0 Å². The molecule has 32 heavy (non-hydrogen) atoms. The molecule has 3 aliphatic carbocycles. The third kappa shape index (κ3) is 1.99. The Kier molecular flexibility index (Phi) is 3.50. The van der Waals surface area contributed by atoms with Crippen molar-refractivity contribution in [3.63, 3.8) is 0 Å². The maximum atomic E-state index is 12.7. The van der Waals surface area contributed by atoms with Gasteiger partial charge >= 0.3 is 0 Å². The summed E-state index contributed by atoms with van der Waals surface area (Å²) in [5.41, 5.74) is 4.27. The second kappa shape index (κ2) is 5.89. The first-order valence-corrected chi connectivity index (χ1v) is 11.7. The Bertz CT molecular complexity index is 1280. The monoisotopic (exact) mass is 430 g/mol. The van der Waals surface area contributed by atoms with Gasteiger partial charge in [0.2, 0.25) is 0 Å². The largest absolute Gasteiger partial charge is 0.504 e. The van der Waals surface area contributed by atoms with Gasteiger partial charge in [-0.15, -0.1) is 0 Å². The summed E-state index contributed by atoms with van der Waals surface area (Å²) in [7, 11) is 0. The number of rotatable bonds is 2. The van der Waals surface area contributed by atoms with Crippen molar-refractivity contribution in [1.29, 1.82) is 0 Å². The van der Waals surface area contributed by atoms with Gasteiger partial charge in [0.25, 0.3) is 0 Å². The van der Waals surface area contributed by atoms with Crippen molar-refractivity contribution in [2.75, 3.05) is 13.1 Å². The van der Waals surface area contributed by atoms with Crippen LogP contribution in [0.1, 0.15) is 55.2 Å². The maximum Gasteiger partial charge on any atom is 0.166 e. The first-order chi connectivity index (χ1) is 15.1. The highest BCUT2D eigenvalue weighted by Gasteiger charge is 2.72. The minimum absolute atomic E-state index is 0. The first kappa shape index (κ1) is 19.0. The molecule has 2 unspecified atom stereocenters. The molecule has 3 heterocycles. The lowest BCUT2D eigenvalue weighted by molar-refractivity contribution is -0.173. The van der Waals surface area contributed by atoms with Gasteiger partial charge in [-0.25, -0.2) is 0 Å². The van der Waals surface area contributed by atoms with E-state index < -0.39 is 11.0 Å². The van der Waals surface area contributed by atoms with Crippen LogP contribution in [0.25, 0.3) is 10.9 Å². The van der Waals surface area contributed by atoms with Crippen molar-refractivity contribution in [3.8, 4) is 11.5 Å². The fourth-order valence-electron chi connectivity index (χ4n) is 7.57. The fraction of sp³-hybridized carbons (Fsp3) is 0.481. The Balaban J connectivity index is 0.00000180. The van der Waals surface area contributed by atoms with Crippen LogP contribution in [-0.4, -0.2) is 44.8 Å². The van der Waals surface area contributed by atoms with Crippen molar-refractivity contribution in [3.05, 3.63) is 58.8 Å². The molecule has 5 heteroatoms. The number of aromatic amines is 1. The number of aromatic hydroxyl groups is 1. The molecule has 2 aliphatic heterocycles. The molecule has 4 atom stereocenters. The van der Waals surface area contributed by atoms with Crippen molar-refractivity contribution < 1.29 is 14.9 Å². The molecule has 5 nitrogen and oxygen atoms in total. The number of H-pyrrole nitrogens is 1. The lowest BCUT2D eigenvalue weighted by Crippen LogP contribution is -2.74. The molecule has 1 saturated heterocycles. The zero-order valence-corrected chi connectivity index (χ0v) is 17.4.